The quantitative estimate of drug-likeness (QED) is 0.654. The van der Waals surface area contributed by atoms with Gasteiger partial charge in [-0.15, -0.1) is 0 Å². The lowest BCUT2D eigenvalue weighted by atomic mass is 9.70. The van der Waals surface area contributed by atoms with Crippen LogP contribution in [0.15, 0.2) is 0 Å². The van der Waals surface area contributed by atoms with Gasteiger partial charge in [-0.3, -0.25) is 4.79 Å². The number of piperidine rings is 1. The number of rotatable bonds is 1. The Kier molecular flexibility index (Phi) is 4.82. The van der Waals surface area contributed by atoms with Crippen molar-refractivity contribution in [2.24, 2.45) is 10.8 Å². The van der Waals surface area contributed by atoms with Gasteiger partial charge in [0.1, 0.15) is 0 Å². The van der Waals surface area contributed by atoms with Gasteiger partial charge in [-0.1, -0.05) is 41.5 Å². The van der Waals surface area contributed by atoms with Crippen LogP contribution in [0.25, 0.3) is 0 Å². The minimum Gasteiger partial charge on any atom is -0.342 e. The number of hydrogen-bond donors (Lipinski definition) is 0. The van der Waals surface area contributed by atoms with Crippen molar-refractivity contribution < 1.29 is 4.79 Å². The van der Waals surface area contributed by atoms with Crippen LogP contribution >= 0.6 is 0 Å². The first kappa shape index (κ1) is 14.5. The van der Waals surface area contributed by atoms with Gasteiger partial charge < -0.3 is 4.90 Å². The van der Waals surface area contributed by atoms with E-state index in [4.69, 9.17) is 0 Å². The van der Waals surface area contributed by atoms with Crippen LogP contribution in [-0.2, 0) is 4.79 Å². The van der Waals surface area contributed by atoms with Crippen molar-refractivity contribution in [3.05, 3.63) is 0 Å². The second-order valence-electron chi connectivity index (χ2n) is 5.54. The minimum absolute atomic E-state index is 0.169. The average molecular weight is 213 g/mol. The molecular formula is C13H27NO. The topological polar surface area (TPSA) is 20.3 Å². The summed E-state index contributed by atoms with van der Waals surface area (Å²) in [6.45, 7) is 16.4. The van der Waals surface area contributed by atoms with E-state index in [2.05, 4.69) is 34.6 Å². The van der Waals surface area contributed by atoms with Crippen LogP contribution in [-0.4, -0.2) is 23.9 Å². The summed E-state index contributed by atoms with van der Waals surface area (Å²) in [5.74, 6) is 0.314. The molecule has 0 spiro atoms. The lowest BCUT2D eigenvalue weighted by Crippen LogP contribution is -2.52. The van der Waals surface area contributed by atoms with Gasteiger partial charge in [-0.25, -0.2) is 0 Å². The van der Waals surface area contributed by atoms with Crippen LogP contribution in [0.4, 0.5) is 0 Å². The zero-order valence-electron chi connectivity index (χ0n) is 11.5. The summed E-state index contributed by atoms with van der Waals surface area (Å²) in [5, 5.41) is 0. The minimum atomic E-state index is -0.169. The lowest BCUT2D eigenvalue weighted by molar-refractivity contribution is -0.149. The van der Waals surface area contributed by atoms with Crippen LogP contribution < -0.4 is 0 Å². The van der Waals surface area contributed by atoms with Crippen LogP contribution in [0.1, 0.15) is 54.9 Å². The summed E-state index contributed by atoms with van der Waals surface area (Å²) in [5.41, 5.74) is 0.102. The van der Waals surface area contributed by atoms with Crippen molar-refractivity contribution in [3.8, 4) is 0 Å². The Morgan fingerprint density at radius 2 is 1.67 bits per heavy atom. The van der Waals surface area contributed by atoms with Crippen molar-refractivity contribution in [3.63, 3.8) is 0 Å². The molecule has 0 unspecified atom stereocenters. The molecule has 1 amide bonds. The normalized spacial score (nSPS) is 23.1. The van der Waals surface area contributed by atoms with Gasteiger partial charge in [0.05, 0.1) is 0 Å². The number of likely N-dealkylation sites (tertiary alicyclic amines) is 1. The molecule has 0 aliphatic carbocycles. The lowest BCUT2D eigenvalue weighted by Gasteiger charge is -2.45. The van der Waals surface area contributed by atoms with Gasteiger partial charge in [0, 0.05) is 18.5 Å². The maximum absolute atomic E-state index is 11.9. The standard InChI is InChI=1S/C11H21NO.C2H6/c1-6-12-8-10(2,3)7-11(4,5)9(12)13;1-2/h6-8H2,1-5H3;1-2H3. The molecule has 2 nitrogen and oxygen atoms in total. The highest BCUT2D eigenvalue weighted by Gasteiger charge is 2.43. The highest BCUT2D eigenvalue weighted by molar-refractivity contribution is 5.82. The summed E-state index contributed by atoms with van der Waals surface area (Å²) < 4.78 is 0. The first-order valence-electron chi connectivity index (χ1n) is 6.08. The molecule has 0 N–H and O–H groups in total. The molecule has 0 saturated carbocycles. The van der Waals surface area contributed by atoms with Crippen molar-refractivity contribution in [1.82, 2.24) is 4.90 Å². The molecule has 15 heavy (non-hydrogen) atoms. The Hall–Kier alpha value is -0.530. The number of carbonyl (C=O) groups is 1. The van der Waals surface area contributed by atoms with Gasteiger partial charge in [-0.2, -0.15) is 0 Å². The van der Waals surface area contributed by atoms with E-state index >= 15 is 0 Å². The Morgan fingerprint density at radius 1 is 1.20 bits per heavy atom. The summed E-state index contributed by atoms with van der Waals surface area (Å²) >= 11 is 0. The van der Waals surface area contributed by atoms with Crippen LogP contribution in [0, 0.1) is 10.8 Å². The molecule has 90 valence electrons. The third-order valence-corrected chi connectivity index (χ3v) is 2.79. The monoisotopic (exact) mass is 213 g/mol. The SMILES string of the molecule is CC.CCN1CC(C)(C)CC(C)(C)C1=O. The average Bonchev–Trinajstić information content (AvgIpc) is 2.13. The van der Waals surface area contributed by atoms with Crippen LogP contribution in [0.5, 0.6) is 0 Å². The second kappa shape index (κ2) is 5.00. The fourth-order valence-electron chi connectivity index (χ4n) is 2.60. The highest BCUT2D eigenvalue weighted by atomic mass is 16.2. The Morgan fingerprint density at radius 3 is 2.07 bits per heavy atom. The molecule has 0 aromatic rings. The molecule has 2 heteroatoms. The predicted octanol–water partition coefficient (Wildman–Crippen LogP) is 3.32. The number of nitrogens with zero attached hydrogens (tertiary/aromatic N) is 1. The fourth-order valence-corrected chi connectivity index (χ4v) is 2.60. The molecule has 1 aliphatic heterocycles. The Bertz CT molecular complexity index is 219. The van der Waals surface area contributed by atoms with E-state index in [1.165, 1.54) is 0 Å². The molecular weight excluding hydrogens is 186 g/mol. The molecule has 1 rings (SSSR count). The largest absolute Gasteiger partial charge is 0.342 e. The maximum atomic E-state index is 11.9. The van der Waals surface area contributed by atoms with Gasteiger partial charge in [0.15, 0.2) is 0 Å². The molecule has 0 aromatic heterocycles. The zero-order chi connectivity index (χ0) is 12.3. The van der Waals surface area contributed by atoms with E-state index in [1.54, 1.807) is 0 Å². The van der Waals surface area contributed by atoms with E-state index in [0.717, 1.165) is 19.5 Å². The van der Waals surface area contributed by atoms with E-state index in [9.17, 15) is 4.79 Å². The summed E-state index contributed by atoms with van der Waals surface area (Å²) in [7, 11) is 0. The first-order valence-corrected chi connectivity index (χ1v) is 6.08. The van der Waals surface area contributed by atoms with E-state index < -0.39 is 0 Å². The number of hydrogen-bond acceptors (Lipinski definition) is 1. The van der Waals surface area contributed by atoms with Gasteiger partial charge in [-0.05, 0) is 18.8 Å². The first-order chi connectivity index (χ1) is 6.78. The van der Waals surface area contributed by atoms with E-state index in [0.29, 0.717) is 5.91 Å². The van der Waals surface area contributed by atoms with E-state index in [-0.39, 0.29) is 10.8 Å². The molecule has 1 heterocycles. The number of amides is 1. The third-order valence-electron chi connectivity index (χ3n) is 2.79. The van der Waals surface area contributed by atoms with Crippen LogP contribution in [0.2, 0.25) is 0 Å². The van der Waals surface area contributed by atoms with Crippen molar-refractivity contribution in [2.75, 3.05) is 13.1 Å². The smallest absolute Gasteiger partial charge is 0.228 e. The third kappa shape index (κ3) is 3.51. The highest BCUT2D eigenvalue weighted by Crippen LogP contribution is 2.40. The van der Waals surface area contributed by atoms with Crippen LogP contribution in [0.3, 0.4) is 0 Å². The molecule has 0 radical (unpaired) electrons. The number of carbonyl (C=O) groups excluding carboxylic acids is 1. The summed E-state index contributed by atoms with van der Waals surface area (Å²) in [4.78, 5) is 13.9. The molecule has 1 fully saturated rings. The van der Waals surface area contributed by atoms with E-state index in [1.807, 2.05) is 18.7 Å². The molecule has 1 saturated heterocycles. The molecule has 0 aromatic carbocycles. The molecule has 1 aliphatic rings. The Labute approximate surface area is 95.0 Å². The fraction of sp³-hybridized carbons (Fsp3) is 0.923. The zero-order valence-corrected chi connectivity index (χ0v) is 11.5. The summed E-state index contributed by atoms with van der Waals surface area (Å²) in [6, 6.07) is 0. The van der Waals surface area contributed by atoms with Crippen molar-refractivity contribution in [1.29, 1.82) is 0 Å². The Balaban J connectivity index is 0.000000921. The van der Waals surface area contributed by atoms with Gasteiger partial charge in [0.2, 0.25) is 5.91 Å². The maximum Gasteiger partial charge on any atom is 0.228 e. The molecule has 0 atom stereocenters. The second-order valence-corrected chi connectivity index (χ2v) is 5.54. The van der Waals surface area contributed by atoms with Gasteiger partial charge in [0.25, 0.3) is 0 Å². The molecule has 0 bridgehead atoms. The summed E-state index contributed by atoms with van der Waals surface area (Å²) in [6.07, 6.45) is 0.995. The van der Waals surface area contributed by atoms with Crippen molar-refractivity contribution in [2.45, 2.75) is 54.9 Å². The van der Waals surface area contributed by atoms with Crippen molar-refractivity contribution >= 4 is 5.91 Å². The predicted molar refractivity (Wildman–Crippen MR) is 65.8 cm³/mol. The van der Waals surface area contributed by atoms with Gasteiger partial charge >= 0.3 is 0 Å².